The van der Waals surface area contributed by atoms with E-state index in [0.29, 0.717) is 5.56 Å². The van der Waals surface area contributed by atoms with Crippen LogP contribution in [0.1, 0.15) is 10.4 Å². The van der Waals surface area contributed by atoms with Gasteiger partial charge in [-0.25, -0.2) is 0 Å². The van der Waals surface area contributed by atoms with Crippen LogP contribution in [0.3, 0.4) is 0 Å². The van der Waals surface area contributed by atoms with Gasteiger partial charge in [0.25, 0.3) is 5.91 Å². The van der Waals surface area contributed by atoms with Gasteiger partial charge >= 0.3 is 0 Å². The summed E-state index contributed by atoms with van der Waals surface area (Å²) in [5.74, 6) is -0.103. The molecular weight excluding hydrogens is 266 g/mol. The van der Waals surface area contributed by atoms with Gasteiger partial charge in [-0.3, -0.25) is 4.79 Å². The third-order valence-electron chi connectivity index (χ3n) is 3.16. The maximum atomic E-state index is 12.4. The summed E-state index contributed by atoms with van der Waals surface area (Å²) >= 11 is 4.23. The number of carbonyl (C=O) groups is 1. The molecule has 2 nitrogen and oxygen atoms in total. The van der Waals surface area contributed by atoms with Gasteiger partial charge in [-0.05, 0) is 41.1 Å². The fourth-order valence-corrected chi connectivity index (χ4v) is 2.32. The standard InChI is InChI=1S/C17H13NOS/c19-17(18-13-8-10-14(20)11-9-13)16-7-3-5-12-4-1-2-6-15(12)16/h1-11,20H,(H,18,19). The number of nitrogens with one attached hydrogen (secondary N) is 1. The van der Waals surface area contributed by atoms with E-state index in [1.54, 1.807) is 0 Å². The van der Waals surface area contributed by atoms with E-state index in [9.17, 15) is 4.79 Å². The second-order valence-corrected chi connectivity index (χ2v) is 5.04. The van der Waals surface area contributed by atoms with Crippen LogP contribution >= 0.6 is 12.6 Å². The van der Waals surface area contributed by atoms with E-state index in [0.717, 1.165) is 21.4 Å². The van der Waals surface area contributed by atoms with Gasteiger partial charge in [0.2, 0.25) is 0 Å². The van der Waals surface area contributed by atoms with Crippen molar-refractivity contribution < 1.29 is 4.79 Å². The van der Waals surface area contributed by atoms with Gasteiger partial charge in [0.15, 0.2) is 0 Å². The summed E-state index contributed by atoms with van der Waals surface area (Å²) in [6.45, 7) is 0. The molecule has 0 aliphatic heterocycles. The fraction of sp³-hybridized carbons (Fsp3) is 0. The van der Waals surface area contributed by atoms with Gasteiger partial charge in [-0.1, -0.05) is 36.4 Å². The molecule has 1 amide bonds. The molecule has 0 spiro atoms. The first-order chi connectivity index (χ1) is 9.74. The number of thiol groups is 1. The summed E-state index contributed by atoms with van der Waals surface area (Å²) in [7, 11) is 0. The molecule has 0 aromatic heterocycles. The summed E-state index contributed by atoms with van der Waals surface area (Å²) in [5, 5.41) is 4.92. The van der Waals surface area contributed by atoms with Crippen molar-refractivity contribution in [2.75, 3.05) is 5.32 Å². The molecule has 0 aliphatic rings. The Morgan fingerprint density at radius 3 is 2.35 bits per heavy atom. The molecule has 0 saturated heterocycles. The van der Waals surface area contributed by atoms with Crippen LogP contribution in [0.25, 0.3) is 10.8 Å². The quantitative estimate of drug-likeness (QED) is 0.670. The minimum atomic E-state index is -0.103. The average molecular weight is 279 g/mol. The van der Waals surface area contributed by atoms with E-state index < -0.39 is 0 Å². The van der Waals surface area contributed by atoms with Crippen molar-refractivity contribution in [3.05, 3.63) is 72.3 Å². The third kappa shape index (κ3) is 2.53. The van der Waals surface area contributed by atoms with Crippen molar-refractivity contribution in [2.45, 2.75) is 4.90 Å². The van der Waals surface area contributed by atoms with Gasteiger partial charge in [0, 0.05) is 16.1 Å². The molecule has 3 aromatic carbocycles. The minimum Gasteiger partial charge on any atom is -0.322 e. The van der Waals surface area contributed by atoms with Crippen molar-refractivity contribution in [3.63, 3.8) is 0 Å². The molecule has 0 aliphatic carbocycles. The first kappa shape index (κ1) is 12.8. The maximum Gasteiger partial charge on any atom is 0.256 e. The highest BCUT2D eigenvalue weighted by Gasteiger charge is 2.09. The predicted octanol–water partition coefficient (Wildman–Crippen LogP) is 4.38. The van der Waals surface area contributed by atoms with Crippen LogP contribution in [0.4, 0.5) is 5.69 Å². The van der Waals surface area contributed by atoms with E-state index in [1.165, 1.54) is 0 Å². The molecule has 98 valence electrons. The Kier molecular flexibility index (Phi) is 3.44. The smallest absolute Gasteiger partial charge is 0.256 e. The molecule has 20 heavy (non-hydrogen) atoms. The Bertz CT molecular complexity index is 760. The van der Waals surface area contributed by atoms with E-state index in [2.05, 4.69) is 17.9 Å². The number of rotatable bonds is 2. The third-order valence-corrected chi connectivity index (χ3v) is 3.46. The summed E-state index contributed by atoms with van der Waals surface area (Å²) in [4.78, 5) is 13.3. The van der Waals surface area contributed by atoms with Crippen LogP contribution in [0.15, 0.2) is 71.6 Å². The molecule has 3 heteroatoms. The first-order valence-corrected chi connectivity index (χ1v) is 6.77. The second-order valence-electron chi connectivity index (χ2n) is 4.53. The van der Waals surface area contributed by atoms with Gasteiger partial charge in [-0.15, -0.1) is 12.6 Å². The normalized spacial score (nSPS) is 10.4. The highest BCUT2D eigenvalue weighted by atomic mass is 32.1. The molecule has 0 heterocycles. The van der Waals surface area contributed by atoms with E-state index in [1.807, 2.05) is 66.7 Å². The Morgan fingerprint density at radius 1 is 0.850 bits per heavy atom. The second kappa shape index (κ2) is 5.39. The SMILES string of the molecule is O=C(Nc1ccc(S)cc1)c1cccc2ccccc12. The van der Waals surface area contributed by atoms with Gasteiger partial charge in [0.05, 0.1) is 0 Å². The molecule has 0 unspecified atom stereocenters. The Hall–Kier alpha value is -2.26. The zero-order valence-corrected chi connectivity index (χ0v) is 11.6. The van der Waals surface area contributed by atoms with Gasteiger partial charge in [-0.2, -0.15) is 0 Å². The van der Waals surface area contributed by atoms with Crippen LogP contribution in [0, 0.1) is 0 Å². The zero-order chi connectivity index (χ0) is 13.9. The lowest BCUT2D eigenvalue weighted by atomic mass is 10.0. The highest BCUT2D eigenvalue weighted by molar-refractivity contribution is 7.80. The molecular formula is C17H13NOS. The lowest BCUT2D eigenvalue weighted by Crippen LogP contribution is -2.12. The maximum absolute atomic E-state index is 12.4. The number of hydrogen-bond donors (Lipinski definition) is 2. The predicted molar refractivity (Wildman–Crippen MR) is 85.6 cm³/mol. The van der Waals surface area contributed by atoms with Crippen LogP contribution in [-0.2, 0) is 0 Å². The number of benzene rings is 3. The number of fused-ring (bicyclic) bond motifs is 1. The Morgan fingerprint density at radius 2 is 1.55 bits per heavy atom. The lowest BCUT2D eigenvalue weighted by molar-refractivity contribution is 0.102. The minimum absolute atomic E-state index is 0.103. The van der Waals surface area contributed by atoms with Crippen molar-refractivity contribution in [1.29, 1.82) is 0 Å². The van der Waals surface area contributed by atoms with Crippen LogP contribution in [-0.4, -0.2) is 5.91 Å². The Balaban J connectivity index is 1.94. The summed E-state index contributed by atoms with van der Waals surface area (Å²) in [6.07, 6.45) is 0. The van der Waals surface area contributed by atoms with Gasteiger partial charge in [0.1, 0.15) is 0 Å². The molecule has 3 rings (SSSR count). The number of amides is 1. The molecule has 0 radical (unpaired) electrons. The van der Waals surface area contributed by atoms with Crippen molar-refractivity contribution >= 4 is 35.0 Å². The van der Waals surface area contributed by atoms with Crippen LogP contribution < -0.4 is 5.32 Å². The summed E-state index contributed by atoms with van der Waals surface area (Å²) in [6, 6.07) is 21.0. The molecule has 0 saturated carbocycles. The van der Waals surface area contributed by atoms with E-state index in [-0.39, 0.29) is 5.91 Å². The number of anilines is 1. The first-order valence-electron chi connectivity index (χ1n) is 6.32. The summed E-state index contributed by atoms with van der Waals surface area (Å²) in [5.41, 5.74) is 1.44. The topological polar surface area (TPSA) is 29.1 Å². The molecule has 0 fully saturated rings. The van der Waals surface area contributed by atoms with Gasteiger partial charge < -0.3 is 5.32 Å². The fourth-order valence-electron chi connectivity index (χ4n) is 2.17. The summed E-state index contributed by atoms with van der Waals surface area (Å²) < 4.78 is 0. The average Bonchev–Trinajstić information content (AvgIpc) is 2.49. The molecule has 3 aromatic rings. The van der Waals surface area contributed by atoms with Crippen LogP contribution in [0.5, 0.6) is 0 Å². The van der Waals surface area contributed by atoms with Crippen molar-refractivity contribution in [3.8, 4) is 0 Å². The lowest BCUT2D eigenvalue weighted by Gasteiger charge is -2.08. The number of hydrogen-bond acceptors (Lipinski definition) is 2. The molecule has 0 bridgehead atoms. The van der Waals surface area contributed by atoms with Crippen molar-refractivity contribution in [2.24, 2.45) is 0 Å². The Labute approximate surface area is 122 Å². The largest absolute Gasteiger partial charge is 0.322 e. The highest BCUT2D eigenvalue weighted by Crippen LogP contribution is 2.20. The molecule has 0 atom stereocenters. The monoisotopic (exact) mass is 279 g/mol. The zero-order valence-electron chi connectivity index (χ0n) is 10.7. The van der Waals surface area contributed by atoms with Crippen LogP contribution in [0.2, 0.25) is 0 Å². The van der Waals surface area contributed by atoms with Crippen molar-refractivity contribution in [1.82, 2.24) is 0 Å². The number of carbonyl (C=O) groups excluding carboxylic acids is 1. The van der Waals surface area contributed by atoms with E-state index in [4.69, 9.17) is 0 Å². The molecule has 1 N–H and O–H groups in total. The van der Waals surface area contributed by atoms with E-state index >= 15 is 0 Å².